The first kappa shape index (κ1) is 13.3. The van der Waals surface area contributed by atoms with E-state index in [1.54, 1.807) is 0 Å². The number of aliphatic imine (C=N–C) groups is 1. The van der Waals surface area contributed by atoms with E-state index in [1.165, 1.54) is 12.8 Å². The van der Waals surface area contributed by atoms with Crippen molar-refractivity contribution >= 4 is 5.96 Å². The maximum atomic E-state index is 4.66. The van der Waals surface area contributed by atoms with E-state index < -0.39 is 0 Å². The SMILES string of the molecule is CCNC(=NCC1(C)CC1)NC(C)C(C)C. The Labute approximate surface area is 100 Å². The van der Waals surface area contributed by atoms with E-state index in [0.29, 0.717) is 17.4 Å². The quantitative estimate of drug-likeness (QED) is 0.557. The molecule has 0 aromatic heterocycles. The molecule has 1 fully saturated rings. The molecule has 0 aliphatic heterocycles. The molecule has 0 spiro atoms. The highest BCUT2D eigenvalue weighted by molar-refractivity contribution is 5.80. The Morgan fingerprint density at radius 2 is 1.94 bits per heavy atom. The molecule has 1 aliphatic carbocycles. The number of rotatable bonds is 5. The van der Waals surface area contributed by atoms with Gasteiger partial charge in [0.05, 0.1) is 0 Å². The fourth-order valence-corrected chi connectivity index (χ4v) is 1.34. The lowest BCUT2D eigenvalue weighted by molar-refractivity contribution is 0.479. The third-order valence-electron chi connectivity index (χ3n) is 3.43. The van der Waals surface area contributed by atoms with Crippen LogP contribution in [0.15, 0.2) is 4.99 Å². The predicted molar refractivity (Wildman–Crippen MR) is 70.8 cm³/mol. The van der Waals surface area contributed by atoms with Crippen LogP contribution in [-0.4, -0.2) is 25.1 Å². The molecule has 16 heavy (non-hydrogen) atoms. The van der Waals surface area contributed by atoms with Crippen LogP contribution in [-0.2, 0) is 0 Å². The topological polar surface area (TPSA) is 36.4 Å². The summed E-state index contributed by atoms with van der Waals surface area (Å²) in [6.45, 7) is 13.0. The summed E-state index contributed by atoms with van der Waals surface area (Å²) in [5.74, 6) is 1.59. The number of hydrogen-bond acceptors (Lipinski definition) is 1. The molecular formula is C13H27N3. The van der Waals surface area contributed by atoms with Gasteiger partial charge in [0, 0.05) is 19.1 Å². The summed E-state index contributed by atoms with van der Waals surface area (Å²) < 4.78 is 0. The van der Waals surface area contributed by atoms with Gasteiger partial charge in [0.1, 0.15) is 0 Å². The van der Waals surface area contributed by atoms with Gasteiger partial charge in [0.25, 0.3) is 0 Å². The van der Waals surface area contributed by atoms with Gasteiger partial charge in [0.15, 0.2) is 5.96 Å². The van der Waals surface area contributed by atoms with Crippen LogP contribution in [0.5, 0.6) is 0 Å². The zero-order valence-electron chi connectivity index (χ0n) is 11.4. The maximum Gasteiger partial charge on any atom is 0.191 e. The Kier molecular flexibility index (Phi) is 4.63. The van der Waals surface area contributed by atoms with Crippen LogP contribution in [0.25, 0.3) is 0 Å². The molecule has 1 atom stereocenters. The van der Waals surface area contributed by atoms with Gasteiger partial charge in [-0.15, -0.1) is 0 Å². The van der Waals surface area contributed by atoms with Gasteiger partial charge in [-0.3, -0.25) is 4.99 Å². The molecule has 1 unspecified atom stereocenters. The van der Waals surface area contributed by atoms with E-state index in [4.69, 9.17) is 0 Å². The van der Waals surface area contributed by atoms with Crippen molar-refractivity contribution in [1.82, 2.24) is 10.6 Å². The Bertz CT molecular complexity index is 242. The lowest BCUT2D eigenvalue weighted by Crippen LogP contribution is -2.44. The summed E-state index contributed by atoms with van der Waals surface area (Å²) >= 11 is 0. The van der Waals surface area contributed by atoms with E-state index in [-0.39, 0.29) is 0 Å². The lowest BCUT2D eigenvalue weighted by atomic mass is 10.1. The Morgan fingerprint density at radius 3 is 2.38 bits per heavy atom. The second-order valence-electron chi connectivity index (χ2n) is 5.68. The van der Waals surface area contributed by atoms with Gasteiger partial charge < -0.3 is 10.6 Å². The van der Waals surface area contributed by atoms with Crippen molar-refractivity contribution in [2.75, 3.05) is 13.1 Å². The standard InChI is InChI=1S/C13H27N3/c1-6-14-12(16-11(4)10(2)3)15-9-13(5)7-8-13/h10-11H,6-9H2,1-5H3,(H2,14,15,16). The number of nitrogens with zero attached hydrogens (tertiary/aromatic N) is 1. The van der Waals surface area contributed by atoms with Gasteiger partial charge in [-0.05, 0) is 38.0 Å². The summed E-state index contributed by atoms with van der Waals surface area (Å²) in [7, 11) is 0. The third-order valence-corrected chi connectivity index (χ3v) is 3.43. The number of hydrogen-bond donors (Lipinski definition) is 2. The monoisotopic (exact) mass is 225 g/mol. The molecule has 0 amide bonds. The highest BCUT2D eigenvalue weighted by Crippen LogP contribution is 2.44. The zero-order valence-corrected chi connectivity index (χ0v) is 11.4. The summed E-state index contributed by atoms with van der Waals surface area (Å²) in [6.07, 6.45) is 2.66. The van der Waals surface area contributed by atoms with Crippen molar-refractivity contribution in [2.24, 2.45) is 16.3 Å². The summed E-state index contributed by atoms with van der Waals surface area (Å²) in [6, 6.07) is 0.463. The van der Waals surface area contributed by atoms with Crippen LogP contribution in [0.3, 0.4) is 0 Å². The van der Waals surface area contributed by atoms with E-state index in [9.17, 15) is 0 Å². The van der Waals surface area contributed by atoms with Crippen LogP contribution in [0.1, 0.15) is 47.5 Å². The van der Waals surface area contributed by atoms with E-state index >= 15 is 0 Å². The van der Waals surface area contributed by atoms with Gasteiger partial charge in [-0.1, -0.05) is 20.8 Å². The van der Waals surface area contributed by atoms with Gasteiger partial charge in [-0.2, -0.15) is 0 Å². The summed E-state index contributed by atoms with van der Waals surface area (Å²) in [5.41, 5.74) is 0.490. The van der Waals surface area contributed by atoms with Crippen molar-refractivity contribution in [2.45, 2.75) is 53.5 Å². The van der Waals surface area contributed by atoms with Crippen LogP contribution in [0.2, 0.25) is 0 Å². The Hall–Kier alpha value is -0.730. The second kappa shape index (κ2) is 5.55. The van der Waals surface area contributed by atoms with Gasteiger partial charge in [-0.25, -0.2) is 0 Å². The second-order valence-corrected chi connectivity index (χ2v) is 5.68. The van der Waals surface area contributed by atoms with Crippen molar-refractivity contribution in [3.8, 4) is 0 Å². The molecule has 0 radical (unpaired) electrons. The molecule has 2 N–H and O–H groups in total. The molecule has 1 aliphatic rings. The molecule has 94 valence electrons. The van der Waals surface area contributed by atoms with Crippen LogP contribution in [0.4, 0.5) is 0 Å². The minimum Gasteiger partial charge on any atom is -0.357 e. The van der Waals surface area contributed by atoms with Crippen LogP contribution in [0, 0.1) is 11.3 Å². The molecular weight excluding hydrogens is 198 g/mol. The van der Waals surface area contributed by atoms with Crippen molar-refractivity contribution < 1.29 is 0 Å². The minimum absolute atomic E-state index is 0.463. The predicted octanol–water partition coefficient (Wildman–Crippen LogP) is 2.39. The highest BCUT2D eigenvalue weighted by Gasteiger charge is 2.36. The Balaban J connectivity index is 2.45. The van der Waals surface area contributed by atoms with Gasteiger partial charge >= 0.3 is 0 Å². The van der Waals surface area contributed by atoms with Gasteiger partial charge in [0.2, 0.25) is 0 Å². The summed E-state index contributed by atoms with van der Waals surface area (Å²) in [4.78, 5) is 4.66. The van der Waals surface area contributed by atoms with Crippen molar-refractivity contribution in [3.63, 3.8) is 0 Å². The molecule has 3 nitrogen and oxygen atoms in total. The normalized spacial score (nSPS) is 20.8. The molecule has 0 bridgehead atoms. The van der Waals surface area contributed by atoms with E-state index in [0.717, 1.165) is 19.0 Å². The fourth-order valence-electron chi connectivity index (χ4n) is 1.34. The average Bonchev–Trinajstić information content (AvgIpc) is 2.94. The molecule has 3 heteroatoms. The fraction of sp³-hybridized carbons (Fsp3) is 0.923. The molecule has 1 saturated carbocycles. The summed E-state index contributed by atoms with van der Waals surface area (Å²) in [5, 5.41) is 6.76. The first-order valence-electron chi connectivity index (χ1n) is 6.52. The minimum atomic E-state index is 0.463. The highest BCUT2D eigenvalue weighted by atomic mass is 15.2. The van der Waals surface area contributed by atoms with Crippen LogP contribution >= 0.6 is 0 Å². The van der Waals surface area contributed by atoms with E-state index in [1.807, 2.05) is 0 Å². The molecule has 1 rings (SSSR count). The first-order chi connectivity index (χ1) is 7.47. The lowest BCUT2D eigenvalue weighted by Gasteiger charge is -2.21. The molecule has 0 aromatic carbocycles. The zero-order chi connectivity index (χ0) is 12.2. The number of guanidine groups is 1. The first-order valence-corrected chi connectivity index (χ1v) is 6.52. The number of nitrogens with one attached hydrogen (secondary N) is 2. The van der Waals surface area contributed by atoms with E-state index in [2.05, 4.69) is 50.2 Å². The van der Waals surface area contributed by atoms with Crippen molar-refractivity contribution in [3.05, 3.63) is 0 Å². The molecule has 0 aromatic rings. The smallest absolute Gasteiger partial charge is 0.191 e. The largest absolute Gasteiger partial charge is 0.357 e. The van der Waals surface area contributed by atoms with Crippen molar-refractivity contribution in [1.29, 1.82) is 0 Å². The molecule has 0 heterocycles. The van der Waals surface area contributed by atoms with Crippen LogP contribution < -0.4 is 10.6 Å². The third kappa shape index (κ3) is 4.42. The average molecular weight is 225 g/mol. The maximum absolute atomic E-state index is 4.66. The Morgan fingerprint density at radius 1 is 1.31 bits per heavy atom. The molecule has 0 saturated heterocycles.